The maximum atomic E-state index is 13.3. The summed E-state index contributed by atoms with van der Waals surface area (Å²) in [5.41, 5.74) is 3.36. The zero-order valence-corrected chi connectivity index (χ0v) is 15.7. The lowest BCUT2D eigenvalue weighted by Gasteiger charge is -2.35. The Balaban J connectivity index is 1.54. The van der Waals surface area contributed by atoms with Gasteiger partial charge in [0.15, 0.2) is 0 Å². The van der Waals surface area contributed by atoms with Gasteiger partial charge in [-0.3, -0.25) is 9.69 Å². The van der Waals surface area contributed by atoms with Gasteiger partial charge in [0, 0.05) is 36.7 Å². The van der Waals surface area contributed by atoms with Crippen LogP contribution in [-0.4, -0.2) is 28.5 Å². The van der Waals surface area contributed by atoms with Crippen molar-refractivity contribution in [2.75, 3.05) is 18.0 Å². The fraction of sp³-hybridized carbons (Fsp3) is 0.261. The van der Waals surface area contributed by atoms with E-state index >= 15 is 0 Å². The van der Waals surface area contributed by atoms with Crippen LogP contribution in [0.2, 0.25) is 0 Å². The number of benzene rings is 2. The van der Waals surface area contributed by atoms with E-state index in [0.717, 1.165) is 24.3 Å². The van der Waals surface area contributed by atoms with Gasteiger partial charge in [-0.25, -0.2) is 0 Å². The van der Waals surface area contributed by atoms with Crippen molar-refractivity contribution >= 4 is 11.6 Å². The molecule has 0 bridgehead atoms. The minimum absolute atomic E-state index is 0.136. The van der Waals surface area contributed by atoms with Gasteiger partial charge >= 0.3 is 0 Å². The van der Waals surface area contributed by atoms with E-state index in [-0.39, 0.29) is 11.9 Å². The van der Waals surface area contributed by atoms with Gasteiger partial charge in [0.2, 0.25) is 5.91 Å². The highest BCUT2D eigenvalue weighted by Crippen LogP contribution is 2.26. The summed E-state index contributed by atoms with van der Waals surface area (Å²) in [6.07, 6.45) is 2.12. The standard InChI is InChI=1S/C23H25N3O/c1-19-22-13-8-14-24(22)15-16-25(19)18-23(27)26(21-11-6-3-7-12-21)17-20-9-4-2-5-10-20/h2-14,19H,15-18H2,1H3. The molecule has 0 saturated carbocycles. The van der Waals surface area contributed by atoms with Crippen LogP contribution in [0.5, 0.6) is 0 Å². The van der Waals surface area contributed by atoms with Crippen molar-refractivity contribution in [1.82, 2.24) is 9.47 Å². The molecule has 1 aromatic heterocycles. The fourth-order valence-electron chi connectivity index (χ4n) is 3.80. The normalized spacial score (nSPS) is 16.7. The van der Waals surface area contributed by atoms with Gasteiger partial charge in [-0.15, -0.1) is 0 Å². The van der Waals surface area contributed by atoms with Gasteiger partial charge < -0.3 is 9.47 Å². The molecule has 0 radical (unpaired) electrons. The van der Waals surface area contributed by atoms with Crippen LogP contribution in [-0.2, 0) is 17.9 Å². The van der Waals surface area contributed by atoms with E-state index in [2.05, 4.69) is 46.9 Å². The largest absolute Gasteiger partial charge is 0.349 e. The van der Waals surface area contributed by atoms with Crippen LogP contribution in [0.3, 0.4) is 0 Å². The first kappa shape index (κ1) is 17.6. The summed E-state index contributed by atoms with van der Waals surface area (Å²) in [6, 6.07) is 24.6. The first-order chi connectivity index (χ1) is 13.2. The number of anilines is 1. The molecule has 27 heavy (non-hydrogen) atoms. The Labute approximate surface area is 160 Å². The van der Waals surface area contributed by atoms with Crippen LogP contribution in [0.4, 0.5) is 5.69 Å². The Morgan fingerprint density at radius 2 is 1.67 bits per heavy atom. The molecule has 0 N–H and O–H groups in total. The molecule has 1 atom stereocenters. The van der Waals surface area contributed by atoms with Crippen LogP contribution in [0.1, 0.15) is 24.2 Å². The van der Waals surface area contributed by atoms with Crippen molar-refractivity contribution < 1.29 is 4.79 Å². The van der Waals surface area contributed by atoms with Gasteiger partial charge in [0.1, 0.15) is 0 Å². The molecule has 1 unspecified atom stereocenters. The van der Waals surface area contributed by atoms with Gasteiger partial charge in [-0.2, -0.15) is 0 Å². The number of carbonyl (C=O) groups excluding carboxylic acids is 1. The van der Waals surface area contributed by atoms with Crippen molar-refractivity contribution in [2.45, 2.75) is 26.1 Å². The molecule has 1 aliphatic heterocycles. The van der Waals surface area contributed by atoms with Crippen molar-refractivity contribution in [3.8, 4) is 0 Å². The molecule has 1 amide bonds. The Bertz CT molecular complexity index is 888. The van der Waals surface area contributed by atoms with Crippen LogP contribution in [0.15, 0.2) is 79.0 Å². The molecule has 4 rings (SSSR count). The molecule has 3 aromatic rings. The second-order valence-electron chi connectivity index (χ2n) is 7.07. The molecule has 4 heteroatoms. The maximum Gasteiger partial charge on any atom is 0.241 e. The first-order valence-electron chi connectivity index (χ1n) is 9.51. The molecule has 1 aliphatic rings. The zero-order chi connectivity index (χ0) is 18.6. The topological polar surface area (TPSA) is 28.5 Å². The summed E-state index contributed by atoms with van der Waals surface area (Å²) >= 11 is 0. The lowest BCUT2D eigenvalue weighted by molar-refractivity contribution is -0.120. The number of rotatable bonds is 5. The summed E-state index contributed by atoms with van der Waals surface area (Å²) in [4.78, 5) is 17.5. The number of para-hydroxylation sites is 1. The van der Waals surface area contributed by atoms with E-state index < -0.39 is 0 Å². The lowest BCUT2D eigenvalue weighted by atomic mass is 10.1. The quantitative estimate of drug-likeness (QED) is 0.686. The Hall–Kier alpha value is -2.85. The Kier molecular flexibility index (Phi) is 5.07. The van der Waals surface area contributed by atoms with Crippen molar-refractivity contribution in [3.63, 3.8) is 0 Å². The molecule has 4 nitrogen and oxygen atoms in total. The van der Waals surface area contributed by atoms with E-state index in [0.29, 0.717) is 13.1 Å². The number of fused-ring (bicyclic) bond motifs is 1. The van der Waals surface area contributed by atoms with E-state index in [4.69, 9.17) is 0 Å². The predicted molar refractivity (Wildman–Crippen MR) is 108 cm³/mol. The summed E-state index contributed by atoms with van der Waals surface area (Å²) in [5.74, 6) is 0.136. The molecular weight excluding hydrogens is 334 g/mol. The molecule has 2 heterocycles. The highest BCUT2D eigenvalue weighted by atomic mass is 16.2. The number of hydrogen-bond acceptors (Lipinski definition) is 2. The monoisotopic (exact) mass is 359 g/mol. The fourth-order valence-corrected chi connectivity index (χ4v) is 3.80. The smallest absolute Gasteiger partial charge is 0.241 e. The second-order valence-corrected chi connectivity index (χ2v) is 7.07. The molecule has 0 aliphatic carbocycles. The van der Waals surface area contributed by atoms with Crippen molar-refractivity contribution in [3.05, 3.63) is 90.3 Å². The molecule has 138 valence electrons. The highest BCUT2D eigenvalue weighted by Gasteiger charge is 2.27. The van der Waals surface area contributed by atoms with Gasteiger partial charge in [0.25, 0.3) is 0 Å². The average Bonchev–Trinajstić information content (AvgIpc) is 3.19. The third-order valence-corrected chi connectivity index (χ3v) is 5.36. The number of hydrogen-bond donors (Lipinski definition) is 0. The molecule has 0 saturated heterocycles. The van der Waals surface area contributed by atoms with E-state index in [9.17, 15) is 4.79 Å². The lowest BCUT2D eigenvalue weighted by Crippen LogP contribution is -2.44. The number of amides is 1. The molecule has 0 fully saturated rings. The average molecular weight is 359 g/mol. The van der Waals surface area contributed by atoms with E-state index in [1.807, 2.05) is 53.4 Å². The van der Waals surface area contributed by atoms with Crippen LogP contribution >= 0.6 is 0 Å². The van der Waals surface area contributed by atoms with Gasteiger partial charge in [-0.1, -0.05) is 48.5 Å². The summed E-state index contributed by atoms with van der Waals surface area (Å²) in [5, 5.41) is 0. The zero-order valence-electron chi connectivity index (χ0n) is 15.7. The van der Waals surface area contributed by atoms with Crippen molar-refractivity contribution in [2.24, 2.45) is 0 Å². The molecule has 2 aromatic carbocycles. The minimum atomic E-state index is 0.136. The van der Waals surface area contributed by atoms with Crippen LogP contribution in [0, 0.1) is 0 Å². The van der Waals surface area contributed by atoms with Gasteiger partial charge in [0.05, 0.1) is 13.1 Å². The minimum Gasteiger partial charge on any atom is -0.349 e. The maximum absolute atomic E-state index is 13.3. The summed E-state index contributed by atoms with van der Waals surface area (Å²) in [6.45, 7) is 5.02. The summed E-state index contributed by atoms with van der Waals surface area (Å²) in [7, 11) is 0. The second kappa shape index (κ2) is 7.80. The van der Waals surface area contributed by atoms with E-state index in [1.54, 1.807) is 0 Å². The molecule has 0 spiro atoms. The SMILES string of the molecule is CC1c2cccn2CCN1CC(=O)N(Cc1ccccc1)c1ccccc1. The van der Waals surface area contributed by atoms with Crippen LogP contribution < -0.4 is 4.90 Å². The van der Waals surface area contributed by atoms with Crippen molar-refractivity contribution in [1.29, 1.82) is 0 Å². The molecular formula is C23H25N3O. The Morgan fingerprint density at radius 1 is 0.963 bits per heavy atom. The number of nitrogens with zero attached hydrogens (tertiary/aromatic N) is 3. The predicted octanol–water partition coefficient (Wildman–Crippen LogP) is 4.10. The summed E-state index contributed by atoms with van der Waals surface area (Å²) < 4.78 is 2.28. The van der Waals surface area contributed by atoms with Crippen LogP contribution in [0.25, 0.3) is 0 Å². The third kappa shape index (κ3) is 3.81. The van der Waals surface area contributed by atoms with E-state index in [1.165, 1.54) is 5.69 Å². The Morgan fingerprint density at radius 3 is 2.41 bits per heavy atom. The first-order valence-corrected chi connectivity index (χ1v) is 9.51. The highest BCUT2D eigenvalue weighted by molar-refractivity contribution is 5.94. The number of carbonyl (C=O) groups is 1. The number of aromatic nitrogens is 1. The van der Waals surface area contributed by atoms with Gasteiger partial charge in [-0.05, 0) is 36.8 Å². The third-order valence-electron chi connectivity index (χ3n) is 5.36.